The molecule has 1 aromatic heterocycles. The number of hydrogen-bond donors (Lipinski definition) is 0. The van der Waals surface area contributed by atoms with Gasteiger partial charge in [0.05, 0.1) is 6.54 Å². The van der Waals surface area contributed by atoms with E-state index in [1.165, 1.54) is 19.2 Å². The fourth-order valence-corrected chi connectivity index (χ4v) is 4.18. The topological polar surface area (TPSA) is 75.6 Å². The van der Waals surface area contributed by atoms with Crippen LogP contribution in [0.1, 0.15) is 41.4 Å². The third-order valence-electron chi connectivity index (χ3n) is 5.76. The predicted molar refractivity (Wildman–Crippen MR) is 108 cm³/mol. The molecule has 158 valence electrons. The lowest BCUT2D eigenvalue weighted by Gasteiger charge is -2.30. The van der Waals surface area contributed by atoms with Crippen molar-refractivity contribution < 1.29 is 18.7 Å². The Labute approximate surface area is 174 Å². The molecule has 0 aliphatic carbocycles. The molecule has 0 saturated carbocycles. The number of likely N-dealkylation sites (tertiary alicyclic amines) is 1. The highest BCUT2D eigenvalue weighted by atomic mass is 19.1. The van der Waals surface area contributed by atoms with Gasteiger partial charge in [0.2, 0.25) is 11.8 Å². The average molecular weight is 412 g/mol. The summed E-state index contributed by atoms with van der Waals surface area (Å²) in [5.41, 5.74) is 2.53. The van der Waals surface area contributed by atoms with E-state index in [2.05, 4.69) is 0 Å². The maximum atomic E-state index is 13.6. The second-order valence-corrected chi connectivity index (χ2v) is 7.84. The lowest BCUT2D eigenvalue weighted by Crippen LogP contribution is -2.36. The first-order valence-electron chi connectivity index (χ1n) is 10.1. The third kappa shape index (κ3) is 4.05. The van der Waals surface area contributed by atoms with Crippen molar-refractivity contribution in [3.05, 3.63) is 52.7 Å². The fraction of sp³-hybridized carbons (Fsp3) is 0.455. The summed E-state index contributed by atoms with van der Waals surface area (Å²) in [6.45, 7) is 3.44. The smallest absolute Gasteiger partial charge is 0.248 e. The van der Waals surface area contributed by atoms with Gasteiger partial charge in [-0.1, -0.05) is 12.1 Å². The molecule has 1 aromatic carbocycles. The van der Waals surface area contributed by atoms with Gasteiger partial charge in [-0.2, -0.15) is 0 Å². The lowest BCUT2D eigenvalue weighted by atomic mass is 10.0. The number of benzene rings is 1. The number of carbonyl (C=O) groups excluding carboxylic acids is 2. The summed E-state index contributed by atoms with van der Waals surface area (Å²) in [6, 6.07) is 6.26. The van der Waals surface area contributed by atoms with Crippen LogP contribution in [0.4, 0.5) is 10.2 Å². The number of aromatic nitrogens is 2. The first kappa shape index (κ1) is 20.4. The lowest BCUT2D eigenvalue weighted by molar-refractivity contribution is -0.134. The Kier molecular flexibility index (Phi) is 5.76. The molecular formula is C22H25FN4O3. The fourth-order valence-electron chi connectivity index (χ4n) is 4.18. The quantitative estimate of drug-likeness (QED) is 0.754. The van der Waals surface area contributed by atoms with Gasteiger partial charge >= 0.3 is 0 Å². The third-order valence-corrected chi connectivity index (χ3v) is 5.76. The van der Waals surface area contributed by atoms with Crippen LogP contribution >= 0.6 is 0 Å². The Morgan fingerprint density at radius 2 is 2.13 bits per heavy atom. The SMILES string of the molecule is COCC(=O)N1CC[C@H](c2nc(C)c3c(n2)N(Cc2cccc(F)c2)C(=O)CC3)C1. The van der Waals surface area contributed by atoms with Crippen LogP contribution in [0.5, 0.6) is 0 Å². The number of fused-ring (bicyclic) bond motifs is 1. The number of ether oxygens (including phenoxy) is 1. The molecule has 2 aromatic rings. The number of hydrogen-bond acceptors (Lipinski definition) is 5. The van der Waals surface area contributed by atoms with Crippen molar-refractivity contribution in [2.24, 2.45) is 0 Å². The Bertz CT molecular complexity index is 981. The molecule has 2 aliphatic rings. The summed E-state index contributed by atoms with van der Waals surface area (Å²) in [5, 5.41) is 0. The molecule has 0 radical (unpaired) electrons. The minimum atomic E-state index is -0.330. The number of methoxy groups -OCH3 is 1. The molecule has 1 saturated heterocycles. The molecule has 0 spiro atoms. The number of halogens is 1. The summed E-state index contributed by atoms with van der Waals surface area (Å²) < 4.78 is 18.6. The Morgan fingerprint density at radius 1 is 1.30 bits per heavy atom. The molecule has 3 heterocycles. The van der Waals surface area contributed by atoms with E-state index in [9.17, 15) is 14.0 Å². The summed E-state index contributed by atoms with van der Waals surface area (Å²) >= 11 is 0. The molecule has 4 rings (SSSR count). The van der Waals surface area contributed by atoms with Crippen molar-refractivity contribution in [3.63, 3.8) is 0 Å². The van der Waals surface area contributed by atoms with Crippen molar-refractivity contribution in [2.45, 2.75) is 38.6 Å². The molecule has 2 aliphatic heterocycles. The van der Waals surface area contributed by atoms with Gasteiger partial charge in [-0.15, -0.1) is 0 Å². The minimum absolute atomic E-state index is 0.0165. The predicted octanol–water partition coefficient (Wildman–Crippen LogP) is 2.37. The van der Waals surface area contributed by atoms with Crippen molar-refractivity contribution >= 4 is 17.6 Å². The second-order valence-electron chi connectivity index (χ2n) is 7.84. The van der Waals surface area contributed by atoms with Gasteiger partial charge in [-0.25, -0.2) is 14.4 Å². The van der Waals surface area contributed by atoms with Crippen molar-refractivity contribution in [1.29, 1.82) is 0 Å². The maximum absolute atomic E-state index is 13.6. The molecule has 0 N–H and O–H groups in total. The summed E-state index contributed by atoms with van der Waals surface area (Å²) in [7, 11) is 1.51. The highest BCUT2D eigenvalue weighted by Gasteiger charge is 2.33. The van der Waals surface area contributed by atoms with E-state index in [1.807, 2.05) is 6.92 Å². The Morgan fingerprint density at radius 3 is 2.90 bits per heavy atom. The monoisotopic (exact) mass is 412 g/mol. The van der Waals surface area contributed by atoms with Crippen molar-refractivity contribution in [2.75, 3.05) is 31.7 Å². The van der Waals surface area contributed by atoms with Gasteiger partial charge in [0.1, 0.15) is 24.1 Å². The standard InChI is InChI=1S/C22H25FN4O3/c1-14-18-6-7-19(28)27(11-15-4-3-5-17(23)10-15)22(18)25-21(24-14)16-8-9-26(12-16)20(29)13-30-2/h3-5,10,16H,6-9,11-13H2,1-2H3/t16-/m0/s1. The number of amides is 2. The number of anilines is 1. The first-order valence-corrected chi connectivity index (χ1v) is 10.1. The molecule has 8 heteroatoms. The number of nitrogens with zero attached hydrogens (tertiary/aromatic N) is 4. The van der Waals surface area contributed by atoms with Crippen molar-refractivity contribution in [1.82, 2.24) is 14.9 Å². The van der Waals surface area contributed by atoms with Gasteiger partial charge in [0.25, 0.3) is 0 Å². The van der Waals surface area contributed by atoms with Crippen LogP contribution in [0.15, 0.2) is 24.3 Å². The largest absolute Gasteiger partial charge is 0.375 e. The molecule has 0 unspecified atom stereocenters. The molecule has 0 bridgehead atoms. The average Bonchev–Trinajstić information content (AvgIpc) is 3.21. The number of rotatable bonds is 5. The second kappa shape index (κ2) is 8.47. The number of aryl methyl sites for hydroxylation is 1. The summed E-state index contributed by atoms with van der Waals surface area (Å²) in [4.78, 5) is 37.7. The van der Waals surface area contributed by atoms with Gasteiger partial charge in [0, 0.05) is 43.8 Å². The number of carbonyl (C=O) groups is 2. The van der Waals surface area contributed by atoms with E-state index in [-0.39, 0.29) is 36.7 Å². The van der Waals surface area contributed by atoms with Gasteiger partial charge in [0.15, 0.2) is 0 Å². The van der Waals surface area contributed by atoms with Crippen molar-refractivity contribution in [3.8, 4) is 0 Å². The molecule has 1 atom stereocenters. The van der Waals surface area contributed by atoms with E-state index in [1.54, 1.807) is 21.9 Å². The van der Waals surface area contributed by atoms with Crippen LogP contribution in [0, 0.1) is 12.7 Å². The van der Waals surface area contributed by atoms with E-state index in [0.29, 0.717) is 43.1 Å². The van der Waals surface area contributed by atoms with Gasteiger partial charge in [-0.05, 0) is 37.5 Å². The maximum Gasteiger partial charge on any atom is 0.248 e. The molecule has 2 amide bonds. The molecule has 1 fully saturated rings. The Balaban J connectivity index is 1.62. The highest BCUT2D eigenvalue weighted by molar-refractivity contribution is 5.95. The molecule has 7 nitrogen and oxygen atoms in total. The normalized spacial score (nSPS) is 18.6. The van der Waals surface area contributed by atoms with E-state index < -0.39 is 0 Å². The highest BCUT2D eigenvalue weighted by Crippen LogP contribution is 2.33. The zero-order valence-corrected chi connectivity index (χ0v) is 17.2. The van der Waals surface area contributed by atoms with Crippen LogP contribution in [0.3, 0.4) is 0 Å². The zero-order valence-electron chi connectivity index (χ0n) is 17.2. The van der Waals surface area contributed by atoms with Crippen LogP contribution in [-0.4, -0.2) is 53.5 Å². The molecule has 30 heavy (non-hydrogen) atoms. The zero-order chi connectivity index (χ0) is 21.3. The Hall–Kier alpha value is -2.87. The van der Waals surface area contributed by atoms with Crippen LogP contribution < -0.4 is 4.90 Å². The van der Waals surface area contributed by atoms with Gasteiger partial charge in [-0.3, -0.25) is 14.5 Å². The van der Waals surface area contributed by atoms with Gasteiger partial charge < -0.3 is 9.64 Å². The first-order chi connectivity index (χ1) is 14.5. The minimum Gasteiger partial charge on any atom is -0.375 e. The van der Waals surface area contributed by atoms with E-state index in [4.69, 9.17) is 14.7 Å². The van der Waals surface area contributed by atoms with E-state index >= 15 is 0 Å². The van der Waals surface area contributed by atoms with E-state index in [0.717, 1.165) is 17.7 Å². The summed E-state index contributed by atoms with van der Waals surface area (Å²) in [5.74, 6) is 0.876. The van der Waals surface area contributed by atoms with Crippen LogP contribution in [0.2, 0.25) is 0 Å². The summed E-state index contributed by atoms with van der Waals surface area (Å²) in [6.07, 6.45) is 1.75. The van der Waals surface area contributed by atoms with Crippen LogP contribution in [-0.2, 0) is 27.3 Å². The molecular weight excluding hydrogens is 387 g/mol. The van der Waals surface area contributed by atoms with Crippen LogP contribution in [0.25, 0.3) is 0 Å².